The maximum atomic E-state index is 5.87. The molecule has 0 amide bonds. The monoisotopic (exact) mass is 299 g/mol. The third kappa shape index (κ3) is 2.72. The lowest BCUT2D eigenvalue weighted by Crippen LogP contribution is -1.91. The predicted molar refractivity (Wildman–Crippen MR) is 71.8 cm³/mol. The third-order valence-electron chi connectivity index (χ3n) is 2.02. The number of benzene rings is 1. The molecular formula is C11H11BrClN3. The zero-order valence-corrected chi connectivity index (χ0v) is 10.8. The predicted octanol–water partition coefficient (Wildman–Crippen LogP) is 3.91. The van der Waals surface area contributed by atoms with Crippen molar-refractivity contribution in [3.8, 4) is 11.3 Å². The van der Waals surface area contributed by atoms with Gasteiger partial charge in [-0.2, -0.15) is 0 Å². The molecule has 1 aromatic heterocycles. The number of nitrogens with zero attached hydrogens (tertiary/aromatic N) is 1. The number of pyridine rings is 1. The van der Waals surface area contributed by atoms with Crippen LogP contribution in [-0.2, 0) is 0 Å². The van der Waals surface area contributed by atoms with Gasteiger partial charge in [-0.15, -0.1) is 0 Å². The minimum absolute atomic E-state index is 0. The average molecular weight is 301 g/mol. The van der Waals surface area contributed by atoms with Gasteiger partial charge >= 0.3 is 0 Å². The summed E-state index contributed by atoms with van der Waals surface area (Å²) in [5.74, 6) is 0. The van der Waals surface area contributed by atoms with Gasteiger partial charge in [-0.3, -0.25) is 4.98 Å². The summed E-state index contributed by atoms with van der Waals surface area (Å²) in [6, 6.07) is 9.32. The SMILES string of the molecule is N.Nc1ccc(Br)cc1-c1ccc(Cl)cn1. The van der Waals surface area contributed by atoms with Crippen molar-refractivity contribution in [2.75, 3.05) is 5.73 Å². The first-order valence-corrected chi connectivity index (χ1v) is 5.51. The molecule has 0 unspecified atom stereocenters. The minimum atomic E-state index is 0. The van der Waals surface area contributed by atoms with Gasteiger partial charge in [-0.25, -0.2) is 0 Å². The number of aromatic nitrogens is 1. The molecule has 0 radical (unpaired) electrons. The number of nitrogens with two attached hydrogens (primary N) is 1. The van der Waals surface area contributed by atoms with Crippen LogP contribution in [-0.4, -0.2) is 4.98 Å². The number of hydrogen-bond donors (Lipinski definition) is 2. The fourth-order valence-electron chi connectivity index (χ4n) is 1.29. The first kappa shape index (κ1) is 13.0. The van der Waals surface area contributed by atoms with E-state index in [1.54, 1.807) is 12.3 Å². The summed E-state index contributed by atoms with van der Waals surface area (Å²) < 4.78 is 0.975. The van der Waals surface area contributed by atoms with Crippen LogP contribution in [0.2, 0.25) is 5.02 Å². The number of nitrogen functional groups attached to an aromatic ring is 1. The van der Waals surface area contributed by atoms with E-state index in [1.165, 1.54) is 0 Å². The maximum absolute atomic E-state index is 5.87. The highest BCUT2D eigenvalue weighted by molar-refractivity contribution is 9.10. The summed E-state index contributed by atoms with van der Waals surface area (Å²) in [6.07, 6.45) is 1.61. The fraction of sp³-hybridized carbons (Fsp3) is 0. The highest BCUT2D eigenvalue weighted by atomic mass is 79.9. The Bertz CT molecular complexity index is 485. The van der Waals surface area contributed by atoms with E-state index in [1.807, 2.05) is 24.3 Å². The van der Waals surface area contributed by atoms with E-state index < -0.39 is 0 Å². The van der Waals surface area contributed by atoms with Crippen molar-refractivity contribution in [3.05, 3.63) is 46.0 Å². The van der Waals surface area contributed by atoms with Crippen LogP contribution in [0.4, 0.5) is 5.69 Å². The van der Waals surface area contributed by atoms with Crippen LogP contribution < -0.4 is 11.9 Å². The number of halogens is 2. The standard InChI is InChI=1S/C11H8BrClN2.H3N/c12-7-1-3-10(14)9(5-7)11-4-2-8(13)6-15-11;/h1-6H,14H2;1H3. The molecule has 0 bridgehead atoms. The van der Waals surface area contributed by atoms with Crippen molar-refractivity contribution in [1.29, 1.82) is 0 Å². The molecule has 0 atom stereocenters. The molecule has 1 aromatic carbocycles. The molecule has 0 aliphatic rings. The Morgan fingerprint density at radius 1 is 1.19 bits per heavy atom. The molecule has 0 saturated heterocycles. The summed E-state index contributed by atoms with van der Waals surface area (Å²) in [5.41, 5.74) is 8.29. The van der Waals surface area contributed by atoms with E-state index in [0.29, 0.717) is 10.7 Å². The average Bonchev–Trinajstić information content (AvgIpc) is 2.23. The second kappa shape index (κ2) is 5.30. The van der Waals surface area contributed by atoms with E-state index in [2.05, 4.69) is 20.9 Å². The molecule has 0 aliphatic heterocycles. The highest BCUT2D eigenvalue weighted by Crippen LogP contribution is 2.27. The third-order valence-corrected chi connectivity index (χ3v) is 2.74. The van der Waals surface area contributed by atoms with E-state index in [9.17, 15) is 0 Å². The molecule has 0 fully saturated rings. The molecular weight excluding hydrogens is 289 g/mol. The minimum Gasteiger partial charge on any atom is -0.398 e. The Hall–Kier alpha value is -1.10. The summed E-state index contributed by atoms with van der Waals surface area (Å²) >= 11 is 9.17. The Morgan fingerprint density at radius 3 is 2.56 bits per heavy atom. The van der Waals surface area contributed by atoms with Gasteiger partial charge in [0.25, 0.3) is 0 Å². The number of hydrogen-bond acceptors (Lipinski definition) is 3. The molecule has 84 valence electrons. The van der Waals surface area contributed by atoms with Gasteiger partial charge in [0.15, 0.2) is 0 Å². The molecule has 1 heterocycles. The Morgan fingerprint density at radius 2 is 1.94 bits per heavy atom. The fourth-order valence-corrected chi connectivity index (χ4v) is 1.76. The smallest absolute Gasteiger partial charge is 0.0724 e. The van der Waals surface area contributed by atoms with E-state index in [-0.39, 0.29) is 6.15 Å². The maximum Gasteiger partial charge on any atom is 0.0724 e. The van der Waals surface area contributed by atoms with Crippen molar-refractivity contribution in [1.82, 2.24) is 11.1 Å². The van der Waals surface area contributed by atoms with Crippen LogP contribution in [0.15, 0.2) is 41.0 Å². The van der Waals surface area contributed by atoms with Gasteiger partial charge in [0.05, 0.1) is 10.7 Å². The van der Waals surface area contributed by atoms with Gasteiger partial charge in [0, 0.05) is 21.9 Å². The lowest BCUT2D eigenvalue weighted by atomic mass is 10.1. The van der Waals surface area contributed by atoms with Crippen LogP contribution in [0.3, 0.4) is 0 Å². The lowest BCUT2D eigenvalue weighted by molar-refractivity contribution is 1.32. The highest BCUT2D eigenvalue weighted by Gasteiger charge is 2.04. The number of rotatable bonds is 1. The van der Waals surface area contributed by atoms with Gasteiger partial charge in [-0.1, -0.05) is 27.5 Å². The van der Waals surface area contributed by atoms with Crippen LogP contribution in [0, 0.1) is 0 Å². The lowest BCUT2D eigenvalue weighted by Gasteiger charge is -2.05. The van der Waals surface area contributed by atoms with Crippen LogP contribution in [0.5, 0.6) is 0 Å². The van der Waals surface area contributed by atoms with Crippen LogP contribution in [0.1, 0.15) is 0 Å². The van der Waals surface area contributed by atoms with Crippen molar-refractivity contribution in [3.63, 3.8) is 0 Å². The summed E-state index contributed by atoms with van der Waals surface area (Å²) in [4.78, 5) is 4.22. The van der Waals surface area contributed by atoms with E-state index in [4.69, 9.17) is 17.3 Å². The number of anilines is 1. The van der Waals surface area contributed by atoms with Crippen molar-refractivity contribution in [2.24, 2.45) is 0 Å². The molecule has 3 nitrogen and oxygen atoms in total. The Kier molecular flexibility index (Phi) is 4.29. The Balaban J connectivity index is 0.00000128. The van der Waals surface area contributed by atoms with Crippen LogP contribution in [0.25, 0.3) is 11.3 Å². The van der Waals surface area contributed by atoms with Crippen molar-refractivity contribution >= 4 is 33.2 Å². The molecule has 0 aliphatic carbocycles. The van der Waals surface area contributed by atoms with Gasteiger partial charge in [0.1, 0.15) is 0 Å². The summed E-state index contributed by atoms with van der Waals surface area (Å²) in [7, 11) is 0. The topological polar surface area (TPSA) is 73.9 Å². The van der Waals surface area contributed by atoms with Crippen molar-refractivity contribution < 1.29 is 0 Å². The molecule has 0 saturated carbocycles. The first-order chi connectivity index (χ1) is 7.16. The summed E-state index contributed by atoms with van der Waals surface area (Å²) in [5, 5.41) is 0.618. The van der Waals surface area contributed by atoms with Gasteiger partial charge in [0.2, 0.25) is 0 Å². The quantitative estimate of drug-likeness (QED) is 0.784. The molecule has 16 heavy (non-hydrogen) atoms. The first-order valence-electron chi connectivity index (χ1n) is 4.34. The molecule has 2 rings (SSSR count). The van der Waals surface area contributed by atoms with E-state index in [0.717, 1.165) is 15.7 Å². The van der Waals surface area contributed by atoms with Crippen molar-refractivity contribution in [2.45, 2.75) is 0 Å². The largest absolute Gasteiger partial charge is 0.398 e. The van der Waals surface area contributed by atoms with Gasteiger partial charge < -0.3 is 11.9 Å². The zero-order valence-electron chi connectivity index (χ0n) is 8.45. The summed E-state index contributed by atoms with van der Waals surface area (Å²) in [6.45, 7) is 0. The normalized spacial score (nSPS) is 9.62. The van der Waals surface area contributed by atoms with Crippen LogP contribution >= 0.6 is 27.5 Å². The van der Waals surface area contributed by atoms with E-state index >= 15 is 0 Å². The second-order valence-corrected chi connectivity index (χ2v) is 4.45. The molecule has 2 aromatic rings. The second-order valence-electron chi connectivity index (χ2n) is 3.09. The van der Waals surface area contributed by atoms with Gasteiger partial charge in [-0.05, 0) is 30.3 Å². The molecule has 0 spiro atoms. The zero-order chi connectivity index (χ0) is 10.8. The molecule has 5 heteroatoms. The molecule has 5 N–H and O–H groups in total. The Labute approximate surface area is 107 Å².